The van der Waals surface area contributed by atoms with Gasteiger partial charge >= 0.3 is 47.8 Å². The molecule has 0 aliphatic heterocycles. The summed E-state index contributed by atoms with van der Waals surface area (Å²) in [6, 6.07) is 0. The highest BCUT2D eigenvalue weighted by atomic mass is 16.6. The van der Waals surface area contributed by atoms with Crippen molar-refractivity contribution in [3.8, 4) is 0 Å². The van der Waals surface area contributed by atoms with Gasteiger partial charge in [0.15, 0.2) is 0 Å². The van der Waals surface area contributed by atoms with Crippen molar-refractivity contribution in [2.45, 2.75) is 447 Å². The third kappa shape index (κ3) is 18.6. The molecule has 0 saturated heterocycles. The zero-order valence-corrected chi connectivity index (χ0v) is 74.0. The summed E-state index contributed by atoms with van der Waals surface area (Å²) < 4.78 is 49.2. The molecule has 0 amide bonds. The van der Waals surface area contributed by atoms with E-state index in [-0.39, 0.29) is 201 Å². The lowest BCUT2D eigenvalue weighted by atomic mass is 9.49. The Morgan fingerprint density at radius 1 is 0.323 bits per heavy atom. The van der Waals surface area contributed by atoms with E-state index in [0.717, 1.165) is 164 Å². The number of carbonyl (C=O) groups excluding carboxylic acids is 8. The molecule has 124 heavy (non-hydrogen) atoms. The fraction of sp³-hybridized carbons (Fsp3) is 0.926. The second-order valence-electron chi connectivity index (χ2n) is 45.9. The summed E-state index contributed by atoms with van der Waals surface area (Å²) in [5.41, 5.74) is -1.79. The number of hydrogen-bond donors (Lipinski definition) is 0. The third-order valence-electron chi connectivity index (χ3n) is 39.1. The van der Waals surface area contributed by atoms with Gasteiger partial charge in [0.25, 0.3) is 0 Å². The van der Waals surface area contributed by atoms with E-state index in [9.17, 15) is 38.4 Å². The summed E-state index contributed by atoms with van der Waals surface area (Å²) in [6.07, 6.45) is 41.6. The predicted octanol–water partition coefficient (Wildman–Crippen LogP) is 25.6. The molecule has 22 aliphatic rings. The zero-order valence-electron chi connectivity index (χ0n) is 74.0. The van der Waals surface area contributed by atoms with Crippen molar-refractivity contribution < 1.29 is 76.3 Å². The van der Waals surface area contributed by atoms with E-state index in [4.69, 9.17) is 37.9 Å². The number of hydrogen-bond acceptors (Lipinski definition) is 16. The van der Waals surface area contributed by atoms with E-state index in [2.05, 4.69) is 27.7 Å². The monoisotopic (exact) mass is 1740 g/mol. The molecule has 0 aromatic heterocycles. The average molecular weight is 1740 g/mol. The maximum atomic E-state index is 13.5. The van der Waals surface area contributed by atoms with Crippen LogP contribution < -0.4 is 0 Å². The van der Waals surface area contributed by atoms with Crippen LogP contribution in [0.25, 0.3) is 0 Å². The van der Waals surface area contributed by atoms with E-state index in [1.165, 1.54) is 116 Å². The minimum Gasteiger partial charge on any atom is -0.462 e. The van der Waals surface area contributed by atoms with Gasteiger partial charge in [0.2, 0.25) is 0 Å². The molecule has 712 valence electrons. The van der Waals surface area contributed by atoms with E-state index in [1.54, 1.807) is 0 Å². The molecule has 16 heteroatoms. The number of carbonyl (C=O) groups is 8. The molecule has 22 rings (SSSR count). The normalized spacial score (nSPS) is 43.1. The van der Waals surface area contributed by atoms with Crippen molar-refractivity contribution in [3.05, 3.63) is 0 Å². The van der Waals surface area contributed by atoms with Crippen LogP contribution in [0.15, 0.2) is 0 Å². The number of rotatable bonds is 22. The van der Waals surface area contributed by atoms with Gasteiger partial charge in [0.05, 0.1) is 46.3 Å². The maximum Gasteiger partial charge on any atom is 0.311 e. The van der Waals surface area contributed by atoms with E-state index in [0.29, 0.717) is 94.7 Å². The second kappa shape index (κ2) is 39.7. The Kier molecular flexibility index (Phi) is 33.1. The van der Waals surface area contributed by atoms with Gasteiger partial charge in [-0.2, -0.15) is 0 Å². The fourth-order valence-electron chi connectivity index (χ4n) is 32.0. The van der Waals surface area contributed by atoms with E-state index >= 15 is 0 Å². The lowest BCUT2D eigenvalue weighted by molar-refractivity contribution is -0.217. The summed E-state index contributed by atoms with van der Waals surface area (Å²) in [6.45, 7) is 28.6. The summed E-state index contributed by atoms with van der Waals surface area (Å²) in [7, 11) is 0. The largest absolute Gasteiger partial charge is 0.462 e. The highest BCUT2D eigenvalue weighted by Gasteiger charge is 2.70. The van der Waals surface area contributed by atoms with Gasteiger partial charge in [0.1, 0.15) is 46.8 Å². The van der Waals surface area contributed by atoms with Gasteiger partial charge in [0, 0.05) is 11.8 Å². The van der Waals surface area contributed by atoms with Gasteiger partial charge in [-0.25, -0.2) is 0 Å². The molecule has 0 aromatic carbocycles. The molecule has 16 nitrogen and oxygen atoms in total. The van der Waals surface area contributed by atoms with Gasteiger partial charge in [-0.15, -0.1) is 0 Å². The summed E-state index contributed by atoms with van der Waals surface area (Å²) >= 11 is 0. The highest BCUT2D eigenvalue weighted by molar-refractivity contribution is 5.79. The Bertz CT molecular complexity index is 3590. The van der Waals surface area contributed by atoms with Crippen LogP contribution in [0.1, 0.15) is 400 Å². The smallest absolute Gasteiger partial charge is 0.311 e. The Morgan fingerprint density at radius 2 is 0.653 bits per heavy atom. The Balaban J connectivity index is 0.000000183. The molecular formula is C108H184O16. The molecule has 0 radical (unpaired) electrons. The molecule has 26 atom stereocenters. The average Bonchev–Trinajstić information content (AvgIpc) is 1.51. The van der Waals surface area contributed by atoms with Crippen LogP contribution in [-0.4, -0.2) is 94.6 Å². The quantitative estimate of drug-likeness (QED) is 0.0560. The highest BCUT2D eigenvalue weighted by Crippen LogP contribution is 2.72. The summed E-state index contributed by atoms with van der Waals surface area (Å²) in [5.74, 6) is 14.4. The zero-order chi connectivity index (χ0) is 81.8. The van der Waals surface area contributed by atoms with Gasteiger partial charge in [-0.1, -0.05) is 115 Å². The lowest BCUT2D eigenvalue weighted by Crippen LogP contribution is -2.60. The van der Waals surface area contributed by atoms with Crippen molar-refractivity contribution in [1.82, 2.24) is 0 Å². The summed E-state index contributed by atoms with van der Waals surface area (Å²) in [4.78, 5) is 103. The van der Waals surface area contributed by atoms with Gasteiger partial charge < -0.3 is 37.9 Å². The molecule has 22 fully saturated rings. The number of ether oxygens (including phenoxy) is 8. The molecule has 26 unspecified atom stereocenters. The predicted molar refractivity (Wildman–Crippen MR) is 493 cm³/mol. The van der Waals surface area contributed by atoms with Crippen molar-refractivity contribution in [2.24, 2.45) is 188 Å². The Hall–Kier alpha value is -4.24. The standard InChI is InChI=1S/C26H40O4.2C25H38O4.C24H36O4.8CH4/c1-5-25(3,4)24(28)29-22-14-17-12-20(22)21(13-17)23(27)30-26(6-2)18-8-15-7-16(10-18)11-19(26)9-15;1-5-24(2,3)23(27)28-21-13-16-11-19(21)20(12-16)22(26)29-25(4)17-7-14-6-15(9-17)10-18(25)8-14;1-4-14(3)23(26)28-20-13-16-12-19(20)22-17-10-15(21(16)22)11-18(17)24(27)29-25(5-2)8-6-7-9-25;1-4-13(2)22(25)27-19-12-15-11-18(19)21-16-9-14(20(15)21)10-17(16)23(26)28-24(3)7-5-6-8-24;;;;;;;;/h15-22H,5-14H2,1-4H3;14-21H,5-13H2,1-4H3;14-22H,4-13H2,1-3H3;13-21H,4-12H2,1-3H3;8*1H4. The van der Waals surface area contributed by atoms with Crippen LogP contribution in [-0.2, 0) is 76.3 Å². The molecule has 0 spiro atoms. The first-order valence-electron chi connectivity index (χ1n) is 49.1. The van der Waals surface area contributed by atoms with Crippen LogP contribution >= 0.6 is 0 Å². The van der Waals surface area contributed by atoms with Crippen LogP contribution in [0.4, 0.5) is 0 Å². The first-order chi connectivity index (χ1) is 55.3. The SMILES string of the molecule is C.C.C.C.C.C.C.C.CCC(C)(C)C(=O)OC1CC2CC(C(=O)OC3(C)C4CC5CC(C4)CC3C5)C1C2.CCC(C)(C)C(=O)OC1CC2CC(C(=O)OC3(CC)C4CC5CC(C4)CC3C5)C1C2.CCC(C)C(=O)OC1CC2CC1C1C3CC(CC3C(=O)OC3(C)CCCC3)C21.CCC(C)C(=O)OC1CC2CC1C1C3CC(CC3C(=O)OC3(CC)CCCC3)C21. The van der Waals surface area contributed by atoms with Crippen molar-refractivity contribution in [2.75, 3.05) is 0 Å². The number of fused-ring (bicyclic) bond motifs is 22. The molecule has 0 heterocycles. The molecule has 22 saturated carbocycles. The van der Waals surface area contributed by atoms with Gasteiger partial charge in [-0.05, 0) is 416 Å². The van der Waals surface area contributed by atoms with Crippen LogP contribution in [0, 0.1) is 188 Å². The summed E-state index contributed by atoms with van der Waals surface area (Å²) in [5, 5.41) is 0. The van der Waals surface area contributed by atoms with Crippen molar-refractivity contribution in [3.63, 3.8) is 0 Å². The molecule has 0 N–H and O–H groups in total. The maximum absolute atomic E-state index is 13.5. The van der Waals surface area contributed by atoms with Crippen LogP contribution in [0.3, 0.4) is 0 Å². The fourth-order valence-corrected chi connectivity index (χ4v) is 32.0. The lowest BCUT2D eigenvalue weighted by Gasteiger charge is -2.60. The van der Waals surface area contributed by atoms with Crippen molar-refractivity contribution in [1.29, 1.82) is 0 Å². The second-order valence-corrected chi connectivity index (χ2v) is 45.9. The Morgan fingerprint density at radius 3 is 1.02 bits per heavy atom. The minimum absolute atomic E-state index is 0. The Labute approximate surface area is 755 Å². The van der Waals surface area contributed by atoms with Crippen molar-refractivity contribution >= 4 is 47.8 Å². The van der Waals surface area contributed by atoms with Crippen LogP contribution in [0.2, 0.25) is 0 Å². The molecule has 20 bridgehead atoms. The minimum atomic E-state index is -0.454. The van der Waals surface area contributed by atoms with Crippen LogP contribution in [0.5, 0.6) is 0 Å². The molecular weight excluding hydrogens is 1550 g/mol. The number of esters is 8. The third-order valence-corrected chi connectivity index (χ3v) is 39.1. The first kappa shape index (κ1) is 103. The topological polar surface area (TPSA) is 210 Å². The molecule has 22 aliphatic carbocycles. The van der Waals surface area contributed by atoms with E-state index < -0.39 is 10.8 Å². The van der Waals surface area contributed by atoms with E-state index in [1.807, 2.05) is 69.2 Å². The van der Waals surface area contributed by atoms with Gasteiger partial charge in [-0.3, -0.25) is 38.4 Å². The first-order valence-corrected chi connectivity index (χ1v) is 49.1. The molecule has 0 aromatic rings.